The fourth-order valence-corrected chi connectivity index (χ4v) is 3.31. The highest BCUT2D eigenvalue weighted by atomic mass is 16.6. The Morgan fingerprint density at radius 3 is 2.11 bits per heavy atom. The Balaban J connectivity index is 2.16. The van der Waals surface area contributed by atoms with Gasteiger partial charge in [0.05, 0.1) is 31.5 Å². The molecule has 0 spiro atoms. The van der Waals surface area contributed by atoms with E-state index < -0.39 is 53.8 Å². The molecule has 0 bridgehead atoms. The molecule has 2 aromatic carbocycles. The van der Waals surface area contributed by atoms with Crippen molar-refractivity contribution in [1.82, 2.24) is 5.32 Å². The maximum atomic E-state index is 13.3. The van der Waals surface area contributed by atoms with E-state index in [1.165, 1.54) is 7.11 Å². The topological polar surface area (TPSA) is 160 Å². The number of nitrogens with one attached hydrogen (secondary N) is 1. The van der Waals surface area contributed by atoms with Crippen molar-refractivity contribution < 1.29 is 33.4 Å². The van der Waals surface area contributed by atoms with Gasteiger partial charge in [-0.15, -0.1) is 0 Å². The maximum absolute atomic E-state index is 13.3. The Kier molecular flexibility index (Phi) is 10.1. The van der Waals surface area contributed by atoms with Crippen LogP contribution in [-0.4, -0.2) is 48.5 Å². The zero-order valence-corrected chi connectivity index (χ0v) is 20.9. The first-order valence-corrected chi connectivity index (χ1v) is 11.3. The van der Waals surface area contributed by atoms with Gasteiger partial charge in [-0.3, -0.25) is 19.7 Å². The van der Waals surface area contributed by atoms with Crippen LogP contribution >= 0.6 is 0 Å². The fraction of sp³-hybridized carbons (Fsp3) is 0.385. The van der Waals surface area contributed by atoms with E-state index in [0.717, 1.165) is 5.56 Å². The van der Waals surface area contributed by atoms with Crippen molar-refractivity contribution in [1.29, 1.82) is 0 Å². The minimum absolute atomic E-state index is 0.0281. The predicted molar refractivity (Wildman–Crippen MR) is 132 cm³/mol. The number of nitrogens with two attached hydrogens (primary N) is 2. The molecule has 3 atom stereocenters. The number of methoxy groups -OCH3 is 1. The SMILES string of the molecule is COc1ccc(C(C(=O)[C@@H](N)CC(=O)OCc2ccccc2)[C@H](N)C(=O)NC(=O)OC(C)(C)C)cc1. The van der Waals surface area contributed by atoms with Crippen molar-refractivity contribution in [3.8, 4) is 5.75 Å². The quantitative estimate of drug-likeness (QED) is 0.416. The van der Waals surface area contributed by atoms with Gasteiger partial charge in [-0.2, -0.15) is 0 Å². The van der Waals surface area contributed by atoms with Gasteiger partial charge in [0.15, 0.2) is 5.78 Å². The number of Topliss-reactive ketones (excluding diaryl/α,β-unsaturated/α-hetero) is 1. The summed E-state index contributed by atoms with van der Waals surface area (Å²) in [5.41, 5.74) is 12.5. The zero-order valence-electron chi connectivity index (χ0n) is 20.9. The van der Waals surface area contributed by atoms with Crippen LogP contribution < -0.4 is 21.5 Å². The molecule has 0 aliphatic carbocycles. The Bertz CT molecular complexity index is 1050. The van der Waals surface area contributed by atoms with E-state index in [-0.39, 0.29) is 6.61 Å². The summed E-state index contributed by atoms with van der Waals surface area (Å²) in [4.78, 5) is 50.4. The lowest BCUT2D eigenvalue weighted by Crippen LogP contribution is -2.52. The molecule has 0 aromatic heterocycles. The molecule has 0 fully saturated rings. The lowest BCUT2D eigenvalue weighted by atomic mass is 9.84. The average molecular weight is 500 g/mol. The fourth-order valence-electron chi connectivity index (χ4n) is 3.31. The maximum Gasteiger partial charge on any atom is 0.414 e. The monoisotopic (exact) mass is 499 g/mol. The van der Waals surface area contributed by atoms with Crippen molar-refractivity contribution in [3.05, 3.63) is 65.7 Å². The minimum Gasteiger partial charge on any atom is -0.497 e. The third-order valence-electron chi connectivity index (χ3n) is 5.06. The first-order valence-electron chi connectivity index (χ1n) is 11.3. The normalized spacial score (nSPS) is 13.6. The molecule has 5 N–H and O–H groups in total. The van der Waals surface area contributed by atoms with Crippen molar-refractivity contribution in [2.45, 2.75) is 57.4 Å². The molecule has 2 rings (SSSR count). The summed E-state index contributed by atoms with van der Waals surface area (Å²) in [5, 5.41) is 2.05. The summed E-state index contributed by atoms with van der Waals surface area (Å²) in [7, 11) is 1.48. The van der Waals surface area contributed by atoms with Gasteiger partial charge in [0.1, 0.15) is 18.0 Å². The number of hydrogen-bond acceptors (Lipinski definition) is 9. The molecule has 0 heterocycles. The third-order valence-corrected chi connectivity index (χ3v) is 5.06. The number of ether oxygens (including phenoxy) is 3. The zero-order chi connectivity index (χ0) is 26.9. The van der Waals surface area contributed by atoms with Crippen LogP contribution in [0.25, 0.3) is 0 Å². The van der Waals surface area contributed by atoms with Crippen LogP contribution in [0.2, 0.25) is 0 Å². The van der Waals surface area contributed by atoms with Gasteiger partial charge >= 0.3 is 12.1 Å². The highest BCUT2D eigenvalue weighted by Crippen LogP contribution is 2.25. The van der Waals surface area contributed by atoms with E-state index >= 15 is 0 Å². The van der Waals surface area contributed by atoms with Crippen molar-refractivity contribution in [2.24, 2.45) is 11.5 Å². The van der Waals surface area contributed by atoms with Crippen LogP contribution in [0.3, 0.4) is 0 Å². The number of benzene rings is 2. The third kappa shape index (κ3) is 8.79. The standard InChI is InChI=1S/C26H33N3O7/c1-26(2,3)36-25(33)29-24(32)22(28)21(17-10-12-18(34-4)13-11-17)23(31)19(27)14-20(30)35-15-16-8-6-5-7-9-16/h5-13,19,21-22H,14-15,27-28H2,1-4H3,(H,29,32,33)/t19-,21?,22-/m0/s1. The number of amides is 2. The van der Waals surface area contributed by atoms with E-state index in [2.05, 4.69) is 0 Å². The Morgan fingerprint density at radius 2 is 1.56 bits per heavy atom. The van der Waals surface area contributed by atoms with Crippen LogP contribution in [0.15, 0.2) is 54.6 Å². The molecule has 10 nitrogen and oxygen atoms in total. The lowest BCUT2D eigenvalue weighted by Gasteiger charge is -2.26. The lowest BCUT2D eigenvalue weighted by molar-refractivity contribution is -0.146. The van der Waals surface area contributed by atoms with E-state index in [1.807, 2.05) is 23.5 Å². The van der Waals surface area contributed by atoms with Crippen molar-refractivity contribution in [2.75, 3.05) is 7.11 Å². The second kappa shape index (κ2) is 12.8. The summed E-state index contributed by atoms with van der Waals surface area (Å²) in [6, 6.07) is 12.5. The second-order valence-electron chi connectivity index (χ2n) is 9.13. The molecule has 2 amide bonds. The summed E-state index contributed by atoms with van der Waals surface area (Å²) in [6.07, 6.45) is -1.42. The van der Waals surface area contributed by atoms with Gasteiger partial charge in [0.2, 0.25) is 5.91 Å². The first kappa shape index (κ1) is 28.5. The van der Waals surface area contributed by atoms with Gasteiger partial charge in [-0.1, -0.05) is 42.5 Å². The molecule has 0 aliphatic rings. The number of alkyl carbamates (subject to hydrolysis) is 1. The van der Waals surface area contributed by atoms with Crippen molar-refractivity contribution in [3.63, 3.8) is 0 Å². The number of imide groups is 1. The molecule has 2 aromatic rings. The summed E-state index contributed by atoms with van der Waals surface area (Å²) >= 11 is 0. The second-order valence-corrected chi connectivity index (χ2v) is 9.13. The highest BCUT2D eigenvalue weighted by molar-refractivity contribution is 6.02. The Labute approximate surface area is 210 Å². The molecule has 0 radical (unpaired) electrons. The average Bonchev–Trinajstić information content (AvgIpc) is 2.82. The number of rotatable bonds is 10. The Morgan fingerprint density at radius 1 is 0.944 bits per heavy atom. The van der Waals surface area contributed by atoms with E-state index in [0.29, 0.717) is 11.3 Å². The smallest absolute Gasteiger partial charge is 0.414 e. The van der Waals surface area contributed by atoms with Crippen LogP contribution in [0, 0.1) is 0 Å². The minimum atomic E-state index is -1.50. The molecular weight excluding hydrogens is 466 g/mol. The van der Waals surface area contributed by atoms with Crippen LogP contribution in [0.4, 0.5) is 4.79 Å². The molecular formula is C26H33N3O7. The van der Waals surface area contributed by atoms with Crippen molar-refractivity contribution >= 4 is 23.8 Å². The Hall–Kier alpha value is -3.76. The van der Waals surface area contributed by atoms with Crippen LogP contribution in [-0.2, 0) is 30.5 Å². The number of ketones is 1. The number of hydrogen-bond donors (Lipinski definition) is 3. The molecule has 0 saturated heterocycles. The first-order chi connectivity index (χ1) is 16.9. The van der Waals surface area contributed by atoms with E-state index in [4.69, 9.17) is 25.7 Å². The van der Waals surface area contributed by atoms with Gasteiger partial charge < -0.3 is 25.7 Å². The van der Waals surface area contributed by atoms with E-state index in [1.54, 1.807) is 57.2 Å². The van der Waals surface area contributed by atoms with Gasteiger partial charge in [0, 0.05) is 0 Å². The van der Waals surface area contributed by atoms with Crippen LogP contribution in [0.5, 0.6) is 5.75 Å². The van der Waals surface area contributed by atoms with Crippen LogP contribution in [0.1, 0.15) is 44.2 Å². The largest absolute Gasteiger partial charge is 0.497 e. The molecule has 0 saturated carbocycles. The number of carbonyl (C=O) groups is 4. The number of esters is 1. The molecule has 1 unspecified atom stereocenters. The molecule has 10 heteroatoms. The summed E-state index contributed by atoms with van der Waals surface area (Å²) < 4.78 is 15.4. The molecule has 36 heavy (non-hydrogen) atoms. The molecule has 0 aliphatic heterocycles. The highest BCUT2D eigenvalue weighted by Gasteiger charge is 2.37. The van der Waals surface area contributed by atoms with Gasteiger partial charge in [-0.25, -0.2) is 4.79 Å². The van der Waals surface area contributed by atoms with Gasteiger partial charge in [-0.05, 0) is 44.0 Å². The van der Waals surface area contributed by atoms with Gasteiger partial charge in [0.25, 0.3) is 0 Å². The summed E-state index contributed by atoms with van der Waals surface area (Å²) in [6.45, 7) is 4.93. The molecule has 194 valence electrons. The number of carbonyl (C=O) groups excluding carboxylic acids is 4. The van der Waals surface area contributed by atoms with E-state index in [9.17, 15) is 19.2 Å². The summed E-state index contributed by atoms with van der Waals surface area (Å²) in [5.74, 6) is -3.01. The predicted octanol–water partition coefficient (Wildman–Crippen LogP) is 2.19.